The fourth-order valence-corrected chi connectivity index (χ4v) is 0.902. The molecule has 0 amide bonds. The summed E-state index contributed by atoms with van der Waals surface area (Å²) >= 11 is 5.44. The molecule has 1 radical (unpaired) electrons. The number of hydrogen-bond acceptors (Lipinski definition) is 1. The number of alkyl halides is 3. The lowest BCUT2D eigenvalue weighted by molar-refractivity contribution is -0.141. The Morgan fingerprint density at radius 3 is 2.17 bits per heavy atom. The van der Waals surface area contributed by atoms with Crippen LogP contribution in [0.3, 0.4) is 0 Å². The van der Waals surface area contributed by atoms with E-state index in [1.54, 1.807) is 0 Å². The largest absolute Gasteiger partial charge is 0.435 e. The molecule has 0 aliphatic rings. The molecule has 1 aromatic heterocycles. The second-order valence-electron chi connectivity index (χ2n) is 2.24. The second kappa shape index (κ2) is 2.65. The summed E-state index contributed by atoms with van der Waals surface area (Å²) in [6, 6.07) is 0. The van der Waals surface area contributed by atoms with E-state index in [9.17, 15) is 13.2 Å². The van der Waals surface area contributed by atoms with E-state index < -0.39 is 11.9 Å². The van der Waals surface area contributed by atoms with Gasteiger partial charge in [0, 0.05) is 12.6 Å². The molecule has 0 aliphatic carbocycles. The molecule has 0 bridgehead atoms. The highest BCUT2D eigenvalue weighted by Crippen LogP contribution is 2.33. The number of aromatic nitrogens is 2. The van der Waals surface area contributed by atoms with Crippen LogP contribution in [-0.4, -0.2) is 9.78 Å². The molecule has 0 N–H and O–H groups in total. The molecular formula is C6H5ClF3N2. The van der Waals surface area contributed by atoms with Gasteiger partial charge in [0.25, 0.3) is 0 Å². The van der Waals surface area contributed by atoms with Crippen molar-refractivity contribution >= 4 is 11.6 Å². The first kappa shape index (κ1) is 9.38. The molecule has 6 heteroatoms. The third-order valence-electron chi connectivity index (χ3n) is 1.34. The zero-order valence-electron chi connectivity index (χ0n) is 6.11. The standard InChI is InChI=1S/C6H5ClF3N2/c1-3-4(6(8,9)10)11-12(2)5(3)7/h1H2,2H3. The Morgan fingerprint density at radius 1 is 1.50 bits per heavy atom. The Hall–Kier alpha value is -0.710. The van der Waals surface area contributed by atoms with Crippen molar-refractivity contribution in [3.05, 3.63) is 23.3 Å². The van der Waals surface area contributed by atoms with Gasteiger partial charge in [0.05, 0.1) is 0 Å². The average molecular weight is 198 g/mol. The molecule has 1 rings (SSSR count). The minimum absolute atomic E-state index is 0.0951. The fourth-order valence-electron chi connectivity index (χ4n) is 0.775. The van der Waals surface area contributed by atoms with Crippen LogP contribution in [0.2, 0.25) is 5.15 Å². The lowest BCUT2D eigenvalue weighted by Crippen LogP contribution is -2.08. The number of nitrogens with zero attached hydrogens (tertiary/aromatic N) is 2. The molecule has 0 saturated carbocycles. The molecule has 67 valence electrons. The molecule has 12 heavy (non-hydrogen) atoms. The molecule has 0 fully saturated rings. The summed E-state index contributed by atoms with van der Waals surface area (Å²) in [7, 11) is 1.33. The number of hydrogen-bond donors (Lipinski definition) is 0. The number of rotatable bonds is 0. The van der Waals surface area contributed by atoms with Gasteiger partial charge in [-0.25, -0.2) is 0 Å². The van der Waals surface area contributed by atoms with Gasteiger partial charge in [0.2, 0.25) is 0 Å². The second-order valence-corrected chi connectivity index (χ2v) is 2.60. The third kappa shape index (κ3) is 1.41. The average Bonchev–Trinajstić information content (AvgIpc) is 2.15. The molecule has 2 nitrogen and oxygen atoms in total. The van der Waals surface area contributed by atoms with E-state index in [0.29, 0.717) is 0 Å². The summed E-state index contributed by atoms with van der Waals surface area (Å²) < 4.78 is 37.1. The first-order valence-electron chi connectivity index (χ1n) is 2.95. The third-order valence-corrected chi connectivity index (χ3v) is 1.81. The van der Waals surface area contributed by atoms with E-state index in [-0.39, 0.29) is 10.7 Å². The predicted octanol–water partition coefficient (Wildman–Crippen LogP) is 2.27. The SMILES string of the molecule is [CH2]c1c(C(F)(F)F)nn(C)c1Cl. The lowest BCUT2D eigenvalue weighted by atomic mass is 10.3. The van der Waals surface area contributed by atoms with Crippen molar-refractivity contribution in [1.29, 1.82) is 0 Å². The number of aryl methyl sites for hydroxylation is 1. The molecule has 0 aromatic carbocycles. The summed E-state index contributed by atoms with van der Waals surface area (Å²) in [6.07, 6.45) is -4.48. The van der Waals surface area contributed by atoms with Gasteiger partial charge in [0.15, 0.2) is 5.69 Å². The Labute approximate surface area is 71.9 Å². The summed E-state index contributed by atoms with van der Waals surface area (Å²) in [5.74, 6) is 0. The van der Waals surface area contributed by atoms with Crippen molar-refractivity contribution in [2.75, 3.05) is 0 Å². The van der Waals surface area contributed by atoms with Crippen LogP contribution in [0.4, 0.5) is 13.2 Å². The Bertz CT molecular complexity index is 302. The van der Waals surface area contributed by atoms with Gasteiger partial charge in [-0.2, -0.15) is 18.3 Å². The van der Waals surface area contributed by atoms with E-state index in [0.717, 1.165) is 4.68 Å². The summed E-state index contributed by atoms with van der Waals surface area (Å²) in [5, 5.41) is 3.08. The van der Waals surface area contributed by atoms with Crippen LogP contribution in [0.5, 0.6) is 0 Å². The van der Waals surface area contributed by atoms with Gasteiger partial charge in [-0.3, -0.25) is 4.68 Å². The zero-order valence-corrected chi connectivity index (χ0v) is 6.87. The van der Waals surface area contributed by atoms with E-state index in [2.05, 4.69) is 12.0 Å². The fraction of sp³-hybridized carbons (Fsp3) is 0.333. The smallest absolute Gasteiger partial charge is 0.256 e. The highest BCUT2D eigenvalue weighted by Gasteiger charge is 2.37. The van der Waals surface area contributed by atoms with Crippen LogP contribution >= 0.6 is 11.6 Å². The van der Waals surface area contributed by atoms with Crippen LogP contribution in [-0.2, 0) is 13.2 Å². The van der Waals surface area contributed by atoms with Crippen molar-refractivity contribution in [2.45, 2.75) is 6.18 Å². The Morgan fingerprint density at radius 2 is 2.00 bits per heavy atom. The summed E-state index contributed by atoms with van der Waals surface area (Å²) in [5.41, 5.74) is -1.32. The highest BCUT2D eigenvalue weighted by molar-refractivity contribution is 6.30. The highest BCUT2D eigenvalue weighted by atomic mass is 35.5. The Balaban J connectivity index is 3.28. The molecule has 0 aliphatic heterocycles. The van der Waals surface area contributed by atoms with Crippen LogP contribution in [0.25, 0.3) is 0 Å². The van der Waals surface area contributed by atoms with Crippen molar-refractivity contribution in [1.82, 2.24) is 9.78 Å². The maximum Gasteiger partial charge on any atom is 0.435 e. The van der Waals surface area contributed by atoms with Crippen LogP contribution < -0.4 is 0 Å². The minimum Gasteiger partial charge on any atom is -0.256 e. The first-order chi connectivity index (χ1) is 5.34. The topological polar surface area (TPSA) is 17.8 Å². The van der Waals surface area contributed by atoms with Gasteiger partial charge >= 0.3 is 6.18 Å². The minimum atomic E-state index is -4.48. The van der Waals surface area contributed by atoms with Crippen molar-refractivity contribution in [3.8, 4) is 0 Å². The van der Waals surface area contributed by atoms with Gasteiger partial charge in [0.1, 0.15) is 5.15 Å². The molecule has 0 saturated heterocycles. The predicted molar refractivity (Wildman–Crippen MR) is 37.7 cm³/mol. The maximum absolute atomic E-state index is 12.1. The van der Waals surface area contributed by atoms with E-state index >= 15 is 0 Å². The molecular weight excluding hydrogens is 193 g/mol. The molecule has 0 spiro atoms. The lowest BCUT2D eigenvalue weighted by Gasteiger charge is -2.01. The molecule has 0 unspecified atom stereocenters. The van der Waals surface area contributed by atoms with Crippen molar-refractivity contribution in [3.63, 3.8) is 0 Å². The maximum atomic E-state index is 12.1. The monoisotopic (exact) mass is 197 g/mol. The Kier molecular flexibility index (Phi) is 2.07. The van der Waals surface area contributed by atoms with Crippen LogP contribution in [0.15, 0.2) is 0 Å². The first-order valence-corrected chi connectivity index (χ1v) is 3.33. The van der Waals surface area contributed by atoms with Gasteiger partial charge < -0.3 is 0 Å². The van der Waals surface area contributed by atoms with Gasteiger partial charge in [-0.05, 0) is 6.92 Å². The van der Waals surface area contributed by atoms with Crippen molar-refractivity contribution in [2.24, 2.45) is 7.05 Å². The van der Waals surface area contributed by atoms with Crippen molar-refractivity contribution < 1.29 is 13.2 Å². The van der Waals surface area contributed by atoms with E-state index in [4.69, 9.17) is 11.6 Å². The van der Waals surface area contributed by atoms with Gasteiger partial charge in [-0.1, -0.05) is 11.6 Å². The number of halogens is 4. The zero-order chi connectivity index (χ0) is 9.52. The van der Waals surface area contributed by atoms with E-state index in [1.165, 1.54) is 7.05 Å². The molecule has 0 atom stereocenters. The summed E-state index contributed by atoms with van der Waals surface area (Å²) in [4.78, 5) is 0. The quantitative estimate of drug-likeness (QED) is 0.624. The van der Waals surface area contributed by atoms with E-state index in [1.807, 2.05) is 0 Å². The summed E-state index contributed by atoms with van der Waals surface area (Å²) in [6.45, 7) is 3.17. The molecule has 1 heterocycles. The van der Waals surface area contributed by atoms with Gasteiger partial charge in [-0.15, -0.1) is 0 Å². The normalized spacial score (nSPS) is 12.2. The van der Waals surface area contributed by atoms with Crippen LogP contribution in [0, 0.1) is 6.92 Å². The molecule has 1 aromatic rings. The van der Waals surface area contributed by atoms with Crippen LogP contribution in [0.1, 0.15) is 11.3 Å².